The Hall–Kier alpha value is -0.200. The van der Waals surface area contributed by atoms with Gasteiger partial charge in [0.05, 0.1) is 24.9 Å². The van der Waals surface area contributed by atoms with Crippen LogP contribution in [0.1, 0.15) is 0 Å². The predicted octanol–water partition coefficient (Wildman–Crippen LogP) is -2.97. The van der Waals surface area contributed by atoms with Gasteiger partial charge >= 0.3 is 0 Å². The molecule has 0 radical (unpaired) electrons. The Labute approximate surface area is 69.6 Å². The molecule has 12 heavy (non-hydrogen) atoms. The number of rotatable bonds is 1. The van der Waals surface area contributed by atoms with Gasteiger partial charge in [0, 0.05) is 12.0 Å². The van der Waals surface area contributed by atoms with Gasteiger partial charge in [-0.05, 0) is 0 Å². The fourth-order valence-electron chi connectivity index (χ4n) is 1.97. The van der Waals surface area contributed by atoms with Crippen LogP contribution in [-0.2, 0) is 0 Å². The van der Waals surface area contributed by atoms with E-state index >= 15 is 0 Å². The summed E-state index contributed by atoms with van der Waals surface area (Å²) in [6.45, 7) is -0.168. The van der Waals surface area contributed by atoms with Gasteiger partial charge in [-0.1, -0.05) is 0 Å². The van der Waals surface area contributed by atoms with Crippen LogP contribution in [0.4, 0.5) is 0 Å². The molecule has 0 amide bonds. The summed E-state index contributed by atoms with van der Waals surface area (Å²) in [5.74, 6) is -0.353. The number of aliphatic hydroxyl groups excluding tert-OH is 4. The third kappa shape index (κ3) is 0.982. The van der Waals surface area contributed by atoms with E-state index in [-0.39, 0.29) is 24.6 Å². The highest BCUT2D eigenvalue weighted by Crippen LogP contribution is 2.34. The maximum Gasteiger partial charge on any atom is 0.108 e. The summed E-state index contributed by atoms with van der Waals surface area (Å²) in [7, 11) is 0. The Bertz CT molecular complexity index is 188. The second-order valence-corrected chi connectivity index (χ2v) is 3.54. The largest absolute Gasteiger partial charge is 0.396 e. The highest BCUT2D eigenvalue weighted by molar-refractivity contribution is 5.15. The molecule has 0 spiro atoms. The minimum Gasteiger partial charge on any atom is -0.396 e. The fraction of sp³-hybridized carbons (Fsp3) is 1.00. The quantitative estimate of drug-likeness (QED) is 0.274. The summed E-state index contributed by atoms with van der Waals surface area (Å²) < 4.78 is 0. The molecule has 6 atom stereocenters. The Morgan fingerprint density at radius 1 is 0.917 bits per heavy atom. The van der Waals surface area contributed by atoms with Crippen LogP contribution >= 0.6 is 0 Å². The second kappa shape index (κ2) is 2.65. The molecule has 0 aromatic rings. The average Bonchev–Trinajstić information content (AvgIpc) is 2.81. The monoisotopic (exact) mass is 175 g/mol. The first-order valence-corrected chi connectivity index (χ1v) is 4.08. The fourth-order valence-corrected chi connectivity index (χ4v) is 1.97. The van der Waals surface area contributed by atoms with Gasteiger partial charge in [0.15, 0.2) is 0 Å². The van der Waals surface area contributed by atoms with Gasteiger partial charge in [-0.2, -0.15) is 0 Å². The van der Waals surface area contributed by atoms with E-state index in [4.69, 9.17) is 5.11 Å². The molecule has 2 aliphatic rings. The van der Waals surface area contributed by atoms with E-state index in [0.717, 1.165) is 0 Å². The summed E-state index contributed by atoms with van der Waals surface area (Å²) >= 11 is 0. The molecule has 1 saturated carbocycles. The number of nitrogens with one attached hydrogen (secondary N) is 1. The van der Waals surface area contributed by atoms with E-state index in [1.165, 1.54) is 0 Å². The molecule has 0 unspecified atom stereocenters. The molecule has 1 aliphatic heterocycles. The SMILES string of the molecule is OC[C@@H]1[C@H](O)[C@H](O)[C@@H](O)[C@H]2N[C@@H]12. The molecular formula is C7H13NO4. The van der Waals surface area contributed by atoms with Crippen LogP contribution < -0.4 is 5.32 Å². The third-order valence-corrected chi connectivity index (χ3v) is 2.84. The first kappa shape index (κ1) is 8.40. The van der Waals surface area contributed by atoms with Crippen molar-refractivity contribution >= 4 is 0 Å². The first-order chi connectivity index (χ1) is 5.66. The van der Waals surface area contributed by atoms with Crippen molar-refractivity contribution in [1.29, 1.82) is 0 Å². The van der Waals surface area contributed by atoms with E-state index in [9.17, 15) is 15.3 Å². The predicted molar refractivity (Wildman–Crippen MR) is 39.3 cm³/mol. The Morgan fingerprint density at radius 3 is 2.17 bits per heavy atom. The van der Waals surface area contributed by atoms with Crippen LogP contribution in [0, 0.1) is 5.92 Å². The molecule has 70 valence electrons. The van der Waals surface area contributed by atoms with E-state index in [1.54, 1.807) is 0 Å². The third-order valence-electron chi connectivity index (χ3n) is 2.84. The summed E-state index contributed by atoms with van der Waals surface area (Å²) in [4.78, 5) is 0. The van der Waals surface area contributed by atoms with E-state index < -0.39 is 18.3 Å². The van der Waals surface area contributed by atoms with Crippen molar-refractivity contribution in [2.24, 2.45) is 5.92 Å². The van der Waals surface area contributed by atoms with Crippen molar-refractivity contribution in [3.05, 3.63) is 0 Å². The van der Waals surface area contributed by atoms with Crippen LogP contribution in [0.5, 0.6) is 0 Å². The lowest BCUT2D eigenvalue weighted by molar-refractivity contribution is -0.105. The second-order valence-electron chi connectivity index (χ2n) is 3.54. The lowest BCUT2D eigenvalue weighted by Crippen LogP contribution is -2.52. The minimum atomic E-state index is -1.14. The zero-order valence-corrected chi connectivity index (χ0v) is 6.46. The molecule has 5 N–H and O–H groups in total. The molecule has 1 aliphatic carbocycles. The molecule has 5 heteroatoms. The molecule has 2 fully saturated rings. The van der Waals surface area contributed by atoms with E-state index in [2.05, 4.69) is 5.32 Å². The van der Waals surface area contributed by atoms with Crippen LogP contribution in [-0.4, -0.2) is 57.4 Å². The van der Waals surface area contributed by atoms with Crippen molar-refractivity contribution < 1.29 is 20.4 Å². The van der Waals surface area contributed by atoms with Gasteiger partial charge in [0.25, 0.3) is 0 Å². The smallest absolute Gasteiger partial charge is 0.108 e. The number of hydrogen-bond acceptors (Lipinski definition) is 5. The summed E-state index contributed by atoms with van der Waals surface area (Å²) in [6, 6.07) is -0.191. The molecule has 0 aromatic carbocycles. The summed E-state index contributed by atoms with van der Waals surface area (Å²) in [5.41, 5.74) is 0. The normalized spacial score (nSPS) is 58.0. The van der Waals surface area contributed by atoms with Crippen LogP contribution in [0.25, 0.3) is 0 Å². The standard InChI is InChI=1S/C7H13NO4/c9-1-2-3-4(8-3)6(11)7(12)5(2)10/h2-12H,1H2/t2-,3-,4-,5-,6-,7-/m0/s1. The van der Waals surface area contributed by atoms with E-state index in [0.29, 0.717) is 0 Å². The average molecular weight is 175 g/mol. The maximum absolute atomic E-state index is 9.39. The number of aliphatic hydroxyl groups is 4. The molecule has 2 rings (SSSR count). The first-order valence-electron chi connectivity index (χ1n) is 4.08. The Morgan fingerprint density at radius 2 is 1.58 bits per heavy atom. The zero-order chi connectivity index (χ0) is 8.88. The number of fused-ring (bicyclic) bond motifs is 1. The molecule has 0 aromatic heterocycles. The van der Waals surface area contributed by atoms with Crippen molar-refractivity contribution in [2.75, 3.05) is 6.61 Å². The maximum atomic E-state index is 9.39. The van der Waals surface area contributed by atoms with Gasteiger partial charge in [-0.25, -0.2) is 0 Å². The summed E-state index contributed by atoms with van der Waals surface area (Å²) in [6.07, 6.45) is -3.08. The van der Waals surface area contributed by atoms with Crippen molar-refractivity contribution in [1.82, 2.24) is 5.32 Å². The van der Waals surface area contributed by atoms with Gasteiger partial charge in [-0.3, -0.25) is 0 Å². The molecule has 1 saturated heterocycles. The van der Waals surface area contributed by atoms with Crippen LogP contribution in [0.2, 0.25) is 0 Å². The minimum absolute atomic E-state index is 0.0385. The number of hydrogen-bond donors (Lipinski definition) is 5. The Balaban J connectivity index is 2.11. The lowest BCUT2D eigenvalue weighted by atomic mass is 9.83. The van der Waals surface area contributed by atoms with Crippen LogP contribution in [0.3, 0.4) is 0 Å². The highest BCUT2D eigenvalue weighted by atomic mass is 16.4. The van der Waals surface area contributed by atoms with E-state index in [1.807, 2.05) is 0 Å². The van der Waals surface area contributed by atoms with Gasteiger partial charge in [0.1, 0.15) is 6.10 Å². The summed E-state index contributed by atoms with van der Waals surface area (Å²) in [5, 5.41) is 39.8. The lowest BCUT2D eigenvalue weighted by Gasteiger charge is -2.32. The van der Waals surface area contributed by atoms with Crippen molar-refractivity contribution in [2.45, 2.75) is 30.4 Å². The highest BCUT2D eigenvalue weighted by Gasteiger charge is 2.57. The van der Waals surface area contributed by atoms with Crippen molar-refractivity contribution in [3.8, 4) is 0 Å². The molecule has 1 heterocycles. The Kier molecular flexibility index (Phi) is 1.85. The molecular weight excluding hydrogens is 162 g/mol. The van der Waals surface area contributed by atoms with Gasteiger partial charge in [-0.15, -0.1) is 0 Å². The molecule has 0 bridgehead atoms. The topological polar surface area (TPSA) is 103 Å². The van der Waals surface area contributed by atoms with Gasteiger partial charge in [0.2, 0.25) is 0 Å². The zero-order valence-electron chi connectivity index (χ0n) is 6.46. The van der Waals surface area contributed by atoms with Crippen LogP contribution in [0.15, 0.2) is 0 Å². The molecule has 5 nitrogen and oxygen atoms in total. The van der Waals surface area contributed by atoms with Gasteiger partial charge < -0.3 is 25.7 Å². The van der Waals surface area contributed by atoms with Crippen molar-refractivity contribution in [3.63, 3.8) is 0 Å².